The molecule has 0 saturated heterocycles. The maximum atomic E-state index is 12.5. The SMILES string of the molecule is CCCCC(CC)COC(=O)C(C)c1cc(OC)cc(OC)c1OC. The Morgan fingerprint density at radius 2 is 1.80 bits per heavy atom. The summed E-state index contributed by atoms with van der Waals surface area (Å²) in [4.78, 5) is 12.5. The lowest BCUT2D eigenvalue weighted by Crippen LogP contribution is -2.19. The molecule has 0 fully saturated rings. The fraction of sp³-hybridized carbons (Fsp3) is 0.650. The van der Waals surface area contributed by atoms with E-state index in [1.165, 1.54) is 0 Å². The molecule has 1 aromatic rings. The molecule has 5 heteroatoms. The zero-order valence-corrected chi connectivity index (χ0v) is 16.4. The molecule has 0 radical (unpaired) electrons. The van der Waals surface area contributed by atoms with Crippen LogP contribution in [0.5, 0.6) is 17.2 Å². The van der Waals surface area contributed by atoms with Crippen LogP contribution >= 0.6 is 0 Å². The van der Waals surface area contributed by atoms with Crippen molar-refractivity contribution in [2.24, 2.45) is 5.92 Å². The van der Waals surface area contributed by atoms with E-state index in [1.807, 2.05) is 6.92 Å². The lowest BCUT2D eigenvalue weighted by molar-refractivity contribution is -0.146. The Morgan fingerprint density at radius 3 is 2.32 bits per heavy atom. The van der Waals surface area contributed by atoms with E-state index in [4.69, 9.17) is 18.9 Å². The van der Waals surface area contributed by atoms with E-state index in [1.54, 1.807) is 33.5 Å². The van der Waals surface area contributed by atoms with Crippen molar-refractivity contribution in [3.05, 3.63) is 17.7 Å². The molecule has 2 atom stereocenters. The lowest BCUT2D eigenvalue weighted by Gasteiger charge is -2.20. The number of benzene rings is 1. The quantitative estimate of drug-likeness (QED) is 0.546. The van der Waals surface area contributed by atoms with Crippen LogP contribution in [0.3, 0.4) is 0 Å². The van der Waals surface area contributed by atoms with Crippen molar-refractivity contribution >= 4 is 5.97 Å². The lowest BCUT2D eigenvalue weighted by atomic mass is 9.98. The molecule has 1 rings (SSSR count). The number of unbranched alkanes of at least 4 members (excludes halogenated alkanes) is 1. The number of carbonyl (C=O) groups is 1. The molecule has 25 heavy (non-hydrogen) atoms. The predicted molar refractivity (Wildman–Crippen MR) is 98.8 cm³/mol. The number of carbonyl (C=O) groups excluding carboxylic acids is 1. The number of hydrogen-bond acceptors (Lipinski definition) is 5. The summed E-state index contributed by atoms with van der Waals surface area (Å²) in [6, 6.07) is 3.53. The van der Waals surface area contributed by atoms with E-state index in [0.29, 0.717) is 35.3 Å². The molecule has 142 valence electrons. The van der Waals surface area contributed by atoms with Gasteiger partial charge >= 0.3 is 5.97 Å². The van der Waals surface area contributed by atoms with Gasteiger partial charge in [-0.25, -0.2) is 0 Å². The smallest absolute Gasteiger partial charge is 0.313 e. The molecule has 0 aliphatic carbocycles. The fourth-order valence-corrected chi connectivity index (χ4v) is 2.76. The molecule has 0 bridgehead atoms. The number of ether oxygens (including phenoxy) is 4. The minimum Gasteiger partial charge on any atom is -0.497 e. The Hall–Kier alpha value is -1.91. The first-order valence-electron chi connectivity index (χ1n) is 8.98. The van der Waals surface area contributed by atoms with E-state index in [9.17, 15) is 4.79 Å². The zero-order valence-electron chi connectivity index (χ0n) is 16.4. The van der Waals surface area contributed by atoms with E-state index in [-0.39, 0.29) is 5.97 Å². The normalized spacial score (nSPS) is 13.0. The molecule has 1 aromatic carbocycles. The summed E-state index contributed by atoms with van der Waals surface area (Å²) in [5.41, 5.74) is 0.699. The monoisotopic (exact) mass is 352 g/mol. The molecular formula is C20H32O5. The second-order valence-electron chi connectivity index (χ2n) is 6.22. The highest BCUT2D eigenvalue weighted by atomic mass is 16.5. The molecule has 0 saturated carbocycles. The van der Waals surface area contributed by atoms with Crippen LogP contribution in [0, 0.1) is 5.92 Å². The third-order valence-corrected chi connectivity index (χ3v) is 4.54. The van der Waals surface area contributed by atoms with Gasteiger partial charge in [0.2, 0.25) is 0 Å². The van der Waals surface area contributed by atoms with Crippen LogP contribution in [0.1, 0.15) is 57.9 Å². The van der Waals surface area contributed by atoms with Gasteiger partial charge in [0, 0.05) is 11.6 Å². The van der Waals surface area contributed by atoms with Crippen molar-refractivity contribution in [2.75, 3.05) is 27.9 Å². The number of hydrogen-bond donors (Lipinski definition) is 0. The van der Waals surface area contributed by atoms with Gasteiger partial charge in [-0.15, -0.1) is 0 Å². The van der Waals surface area contributed by atoms with Crippen LogP contribution in [0.2, 0.25) is 0 Å². The van der Waals surface area contributed by atoms with Gasteiger partial charge in [-0.1, -0.05) is 33.1 Å². The Bertz CT molecular complexity index is 541. The van der Waals surface area contributed by atoms with Crippen molar-refractivity contribution in [1.82, 2.24) is 0 Å². The Morgan fingerprint density at radius 1 is 1.08 bits per heavy atom. The molecule has 0 N–H and O–H groups in total. The Kier molecular flexibility index (Phi) is 9.17. The highest BCUT2D eigenvalue weighted by Gasteiger charge is 2.25. The highest BCUT2D eigenvalue weighted by molar-refractivity contribution is 5.79. The van der Waals surface area contributed by atoms with Gasteiger partial charge in [-0.2, -0.15) is 0 Å². The van der Waals surface area contributed by atoms with Gasteiger partial charge in [-0.05, 0) is 25.3 Å². The number of esters is 1. The first-order chi connectivity index (χ1) is 12.0. The van der Waals surface area contributed by atoms with Gasteiger partial charge in [0.25, 0.3) is 0 Å². The van der Waals surface area contributed by atoms with Crippen LogP contribution in [0.4, 0.5) is 0 Å². The average molecular weight is 352 g/mol. The molecule has 2 unspecified atom stereocenters. The standard InChI is InChI=1S/C20H32O5/c1-7-9-10-15(8-2)13-25-20(21)14(3)17-11-16(22-4)12-18(23-5)19(17)24-6/h11-12,14-15H,7-10,13H2,1-6H3. The summed E-state index contributed by atoms with van der Waals surface area (Å²) in [5.74, 6) is 1.36. The molecule has 0 aromatic heterocycles. The van der Waals surface area contributed by atoms with Crippen molar-refractivity contribution in [3.63, 3.8) is 0 Å². The van der Waals surface area contributed by atoms with E-state index in [2.05, 4.69) is 13.8 Å². The number of methoxy groups -OCH3 is 3. The summed E-state index contributed by atoms with van der Waals surface area (Å²) >= 11 is 0. The molecule has 0 aliphatic rings. The van der Waals surface area contributed by atoms with Crippen LogP contribution in [-0.4, -0.2) is 33.9 Å². The molecule has 0 spiro atoms. The second-order valence-corrected chi connectivity index (χ2v) is 6.22. The molecular weight excluding hydrogens is 320 g/mol. The Labute approximate surface area is 151 Å². The summed E-state index contributed by atoms with van der Waals surface area (Å²) in [5, 5.41) is 0. The minimum atomic E-state index is -0.470. The van der Waals surface area contributed by atoms with Gasteiger partial charge in [0.1, 0.15) is 5.75 Å². The summed E-state index contributed by atoms with van der Waals surface area (Å²) in [6.07, 6.45) is 4.41. The summed E-state index contributed by atoms with van der Waals surface area (Å²) in [6.45, 7) is 6.58. The molecule has 5 nitrogen and oxygen atoms in total. The van der Waals surface area contributed by atoms with Crippen LogP contribution in [0.25, 0.3) is 0 Å². The maximum absolute atomic E-state index is 12.5. The maximum Gasteiger partial charge on any atom is 0.313 e. The zero-order chi connectivity index (χ0) is 18.8. The third kappa shape index (κ3) is 5.83. The van der Waals surface area contributed by atoms with Crippen molar-refractivity contribution in [1.29, 1.82) is 0 Å². The van der Waals surface area contributed by atoms with Crippen molar-refractivity contribution in [3.8, 4) is 17.2 Å². The first-order valence-corrected chi connectivity index (χ1v) is 8.98. The minimum absolute atomic E-state index is 0.261. The molecule has 0 amide bonds. The highest BCUT2D eigenvalue weighted by Crippen LogP contribution is 2.39. The van der Waals surface area contributed by atoms with Crippen LogP contribution < -0.4 is 14.2 Å². The predicted octanol–water partition coefficient (Wildman–Crippen LogP) is 4.58. The first kappa shape index (κ1) is 21.1. The van der Waals surface area contributed by atoms with E-state index >= 15 is 0 Å². The van der Waals surface area contributed by atoms with Gasteiger partial charge in [0.05, 0.1) is 33.9 Å². The van der Waals surface area contributed by atoms with Crippen LogP contribution in [-0.2, 0) is 9.53 Å². The largest absolute Gasteiger partial charge is 0.497 e. The molecule has 0 heterocycles. The van der Waals surface area contributed by atoms with Crippen molar-refractivity contribution in [2.45, 2.75) is 52.4 Å². The van der Waals surface area contributed by atoms with Crippen LogP contribution in [0.15, 0.2) is 12.1 Å². The van der Waals surface area contributed by atoms with Gasteiger partial charge < -0.3 is 18.9 Å². The van der Waals surface area contributed by atoms with Crippen molar-refractivity contribution < 1.29 is 23.7 Å². The topological polar surface area (TPSA) is 54.0 Å². The van der Waals surface area contributed by atoms with Gasteiger partial charge in [-0.3, -0.25) is 4.79 Å². The fourth-order valence-electron chi connectivity index (χ4n) is 2.76. The van der Waals surface area contributed by atoms with E-state index in [0.717, 1.165) is 25.7 Å². The van der Waals surface area contributed by atoms with Gasteiger partial charge in [0.15, 0.2) is 11.5 Å². The molecule has 0 aliphatic heterocycles. The summed E-state index contributed by atoms with van der Waals surface area (Å²) < 4.78 is 21.7. The second kappa shape index (κ2) is 10.9. The number of rotatable bonds is 11. The Balaban J connectivity index is 2.90. The van der Waals surface area contributed by atoms with E-state index < -0.39 is 5.92 Å². The average Bonchev–Trinajstić information content (AvgIpc) is 2.65. The third-order valence-electron chi connectivity index (χ3n) is 4.54. The summed E-state index contributed by atoms with van der Waals surface area (Å²) in [7, 11) is 4.70.